The van der Waals surface area contributed by atoms with Gasteiger partial charge in [0.15, 0.2) is 0 Å². The quantitative estimate of drug-likeness (QED) is 0.594. The molecule has 5 nitrogen and oxygen atoms in total. The van der Waals surface area contributed by atoms with Crippen molar-refractivity contribution in [3.05, 3.63) is 29.8 Å². The number of rotatable bonds is 6. The summed E-state index contributed by atoms with van der Waals surface area (Å²) >= 11 is 0. The van der Waals surface area contributed by atoms with Gasteiger partial charge in [-0.15, -0.1) is 0 Å². The summed E-state index contributed by atoms with van der Waals surface area (Å²) in [6.07, 6.45) is 1.31. The largest absolute Gasteiger partial charge is 0.466 e. The van der Waals surface area contributed by atoms with E-state index < -0.39 is 0 Å². The van der Waals surface area contributed by atoms with Gasteiger partial charge in [-0.1, -0.05) is 0 Å². The Morgan fingerprint density at radius 3 is 2.64 bits per heavy atom. The molecule has 0 unspecified atom stereocenters. The zero-order valence-electron chi connectivity index (χ0n) is 13.3. The maximum absolute atomic E-state index is 11.4. The molecule has 0 N–H and O–H groups in total. The summed E-state index contributed by atoms with van der Waals surface area (Å²) in [5.74, 6) is -0.123. The minimum absolute atomic E-state index is 0.123. The van der Waals surface area contributed by atoms with Gasteiger partial charge in [-0.2, -0.15) is 0 Å². The van der Waals surface area contributed by atoms with Crippen molar-refractivity contribution in [2.75, 3.05) is 37.7 Å². The zero-order valence-corrected chi connectivity index (χ0v) is 13.3. The molecule has 22 heavy (non-hydrogen) atoms. The highest BCUT2D eigenvalue weighted by atomic mass is 16.5. The molecule has 5 heteroatoms. The molecule has 1 aromatic carbocycles. The lowest BCUT2D eigenvalue weighted by molar-refractivity contribution is -0.143. The first-order valence-electron chi connectivity index (χ1n) is 7.84. The van der Waals surface area contributed by atoms with Crippen molar-refractivity contribution in [3.63, 3.8) is 0 Å². The van der Waals surface area contributed by atoms with Crippen LogP contribution in [0.3, 0.4) is 0 Å². The second-order valence-corrected chi connectivity index (χ2v) is 5.61. The van der Waals surface area contributed by atoms with E-state index in [1.54, 1.807) is 0 Å². The smallest absolute Gasteiger partial charge is 0.307 e. The van der Waals surface area contributed by atoms with E-state index in [0.29, 0.717) is 24.6 Å². The summed E-state index contributed by atoms with van der Waals surface area (Å²) in [5.41, 5.74) is 1.84. The number of anilines is 1. The van der Waals surface area contributed by atoms with Crippen LogP contribution in [0, 0.1) is 0 Å². The first kappa shape index (κ1) is 16.5. The van der Waals surface area contributed by atoms with Crippen LogP contribution in [0.4, 0.5) is 5.69 Å². The molecule has 120 valence electrons. The molecule has 1 fully saturated rings. The van der Waals surface area contributed by atoms with Gasteiger partial charge in [-0.05, 0) is 38.1 Å². The summed E-state index contributed by atoms with van der Waals surface area (Å²) in [5, 5.41) is 0. The number of hydrogen-bond acceptors (Lipinski definition) is 5. The predicted molar refractivity (Wildman–Crippen MR) is 86.3 cm³/mol. The molecule has 0 aromatic heterocycles. The maximum atomic E-state index is 11.4. The SMILES string of the molecule is CCOC(=O)CCN1CCN(c2ccc(C=O)cc2)[C@H](C)C1. The Labute approximate surface area is 131 Å². The van der Waals surface area contributed by atoms with Crippen LogP contribution in [0.15, 0.2) is 24.3 Å². The van der Waals surface area contributed by atoms with Crippen molar-refractivity contribution in [1.29, 1.82) is 0 Å². The van der Waals surface area contributed by atoms with Crippen LogP contribution in [0.25, 0.3) is 0 Å². The van der Waals surface area contributed by atoms with Crippen LogP contribution in [0.2, 0.25) is 0 Å². The highest BCUT2D eigenvalue weighted by Gasteiger charge is 2.24. The Hall–Kier alpha value is -1.88. The Balaban J connectivity index is 1.86. The number of aldehydes is 1. The minimum Gasteiger partial charge on any atom is -0.466 e. The number of hydrogen-bond donors (Lipinski definition) is 0. The van der Waals surface area contributed by atoms with Gasteiger partial charge in [0, 0.05) is 43.5 Å². The number of piperazine rings is 1. The summed E-state index contributed by atoms with van der Waals surface area (Å²) in [6.45, 7) is 7.98. The maximum Gasteiger partial charge on any atom is 0.307 e. The van der Waals surface area contributed by atoms with Crippen molar-refractivity contribution in [3.8, 4) is 0 Å². The van der Waals surface area contributed by atoms with E-state index in [4.69, 9.17) is 4.74 Å². The molecule has 0 saturated carbocycles. The summed E-state index contributed by atoms with van der Waals surface area (Å²) in [4.78, 5) is 26.8. The lowest BCUT2D eigenvalue weighted by atomic mass is 10.1. The molecule has 0 radical (unpaired) electrons. The standard InChI is InChI=1S/C17H24N2O3/c1-3-22-17(21)8-9-18-10-11-19(14(2)12-18)16-6-4-15(13-20)5-7-16/h4-7,13-14H,3,8-12H2,1-2H3/t14-/m1/s1. The Kier molecular flexibility index (Phi) is 5.95. The highest BCUT2D eigenvalue weighted by molar-refractivity contribution is 5.75. The van der Waals surface area contributed by atoms with Gasteiger partial charge in [0.25, 0.3) is 0 Å². The van der Waals surface area contributed by atoms with Crippen LogP contribution >= 0.6 is 0 Å². The van der Waals surface area contributed by atoms with Gasteiger partial charge >= 0.3 is 5.97 Å². The average Bonchev–Trinajstić information content (AvgIpc) is 2.53. The lowest BCUT2D eigenvalue weighted by Crippen LogP contribution is -2.52. The van der Waals surface area contributed by atoms with Crippen LogP contribution in [0.5, 0.6) is 0 Å². The molecular weight excluding hydrogens is 280 g/mol. The van der Waals surface area contributed by atoms with Gasteiger partial charge in [-0.3, -0.25) is 14.5 Å². The van der Waals surface area contributed by atoms with Crippen LogP contribution in [0.1, 0.15) is 30.6 Å². The van der Waals surface area contributed by atoms with Gasteiger partial charge in [0.1, 0.15) is 6.29 Å². The highest BCUT2D eigenvalue weighted by Crippen LogP contribution is 2.21. The fourth-order valence-electron chi connectivity index (χ4n) is 2.85. The number of benzene rings is 1. The molecule has 1 saturated heterocycles. The molecule has 1 aromatic rings. The van der Waals surface area contributed by atoms with E-state index in [-0.39, 0.29) is 5.97 Å². The average molecular weight is 304 g/mol. The minimum atomic E-state index is -0.123. The normalized spacial score (nSPS) is 19.0. The fraction of sp³-hybridized carbons (Fsp3) is 0.529. The number of nitrogens with zero attached hydrogens (tertiary/aromatic N) is 2. The third kappa shape index (κ3) is 4.31. The van der Waals surface area contributed by atoms with Crippen LogP contribution in [-0.2, 0) is 9.53 Å². The second kappa shape index (κ2) is 7.94. The first-order valence-corrected chi connectivity index (χ1v) is 7.84. The van der Waals surface area contributed by atoms with Crippen LogP contribution in [-0.4, -0.2) is 56.0 Å². The Morgan fingerprint density at radius 1 is 1.32 bits per heavy atom. The fourth-order valence-corrected chi connectivity index (χ4v) is 2.85. The van der Waals surface area contributed by atoms with E-state index >= 15 is 0 Å². The van der Waals surface area contributed by atoms with E-state index in [1.165, 1.54) is 0 Å². The number of esters is 1. The van der Waals surface area contributed by atoms with E-state index in [1.807, 2.05) is 31.2 Å². The zero-order chi connectivity index (χ0) is 15.9. The molecule has 0 spiro atoms. The van der Waals surface area contributed by atoms with E-state index in [0.717, 1.165) is 38.2 Å². The number of carbonyl (C=O) groups is 2. The molecule has 2 rings (SSSR count). The van der Waals surface area contributed by atoms with E-state index in [2.05, 4.69) is 16.7 Å². The molecule has 0 bridgehead atoms. The summed E-state index contributed by atoms with van der Waals surface area (Å²) < 4.78 is 4.97. The third-order valence-electron chi connectivity index (χ3n) is 4.01. The van der Waals surface area contributed by atoms with E-state index in [9.17, 15) is 9.59 Å². The molecule has 1 heterocycles. The Bertz CT molecular complexity index is 501. The van der Waals surface area contributed by atoms with Gasteiger partial charge in [0.2, 0.25) is 0 Å². The molecule has 0 amide bonds. The molecule has 0 aliphatic carbocycles. The van der Waals surface area contributed by atoms with Gasteiger partial charge < -0.3 is 9.64 Å². The van der Waals surface area contributed by atoms with Crippen molar-refractivity contribution in [1.82, 2.24) is 4.90 Å². The van der Waals surface area contributed by atoms with Crippen molar-refractivity contribution in [2.45, 2.75) is 26.3 Å². The summed E-state index contributed by atoms with van der Waals surface area (Å²) in [6, 6.07) is 8.06. The number of ether oxygens (including phenoxy) is 1. The van der Waals surface area contributed by atoms with Gasteiger partial charge in [-0.25, -0.2) is 0 Å². The Morgan fingerprint density at radius 2 is 2.05 bits per heavy atom. The van der Waals surface area contributed by atoms with Crippen molar-refractivity contribution < 1.29 is 14.3 Å². The summed E-state index contributed by atoms with van der Waals surface area (Å²) in [7, 11) is 0. The predicted octanol–water partition coefficient (Wildman–Crippen LogP) is 1.96. The van der Waals surface area contributed by atoms with Crippen molar-refractivity contribution in [2.24, 2.45) is 0 Å². The molecule has 1 aliphatic heterocycles. The van der Waals surface area contributed by atoms with Gasteiger partial charge in [0.05, 0.1) is 13.0 Å². The topological polar surface area (TPSA) is 49.9 Å². The number of carbonyl (C=O) groups excluding carboxylic acids is 2. The molecule has 1 atom stereocenters. The monoisotopic (exact) mass is 304 g/mol. The molecular formula is C17H24N2O3. The lowest BCUT2D eigenvalue weighted by Gasteiger charge is -2.41. The first-order chi connectivity index (χ1) is 10.6. The van der Waals surface area contributed by atoms with Crippen LogP contribution < -0.4 is 4.90 Å². The van der Waals surface area contributed by atoms with Crippen molar-refractivity contribution >= 4 is 17.9 Å². The molecule has 1 aliphatic rings. The third-order valence-corrected chi connectivity index (χ3v) is 4.01. The second-order valence-electron chi connectivity index (χ2n) is 5.61.